The van der Waals surface area contributed by atoms with E-state index >= 15 is 0 Å². The molecule has 0 bridgehead atoms. The van der Waals surface area contributed by atoms with Crippen molar-refractivity contribution in [2.24, 2.45) is 0 Å². The second kappa shape index (κ2) is 5.74. The monoisotopic (exact) mass is 304 g/mol. The molecule has 0 spiro atoms. The summed E-state index contributed by atoms with van der Waals surface area (Å²) < 4.78 is 13.1. The molecule has 1 aliphatic heterocycles. The fraction of sp³-hybridized carbons (Fsp3) is 0.188. The highest BCUT2D eigenvalue weighted by Crippen LogP contribution is 2.24. The van der Waals surface area contributed by atoms with Crippen molar-refractivity contribution in [1.29, 1.82) is 0 Å². The molecule has 1 aliphatic rings. The maximum atomic E-state index is 13.1. The van der Waals surface area contributed by atoms with E-state index in [1.165, 1.54) is 18.2 Å². The Morgan fingerprint density at radius 3 is 2.90 bits per heavy atom. The Labute approximate surface area is 127 Å². The number of carbonyl (C=O) groups is 1. The van der Waals surface area contributed by atoms with Gasteiger partial charge < -0.3 is 10.6 Å². The highest BCUT2D eigenvalue weighted by molar-refractivity contribution is 6.31. The van der Waals surface area contributed by atoms with Crippen molar-refractivity contribution in [2.75, 3.05) is 17.2 Å². The standard InChI is InChI=1S/C16H14ClFN2O/c17-13-9-12(4-5-14(13)18)20-16(21)11-3-6-15-10(8-11)2-1-7-19-15/h3-6,8-9,19H,1-2,7H2,(H,20,21). The lowest BCUT2D eigenvalue weighted by molar-refractivity contribution is 0.102. The van der Waals surface area contributed by atoms with E-state index < -0.39 is 5.82 Å². The minimum absolute atomic E-state index is 0.0116. The fourth-order valence-corrected chi connectivity index (χ4v) is 2.57. The molecule has 108 valence electrons. The molecule has 3 nitrogen and oxygen atoms in total. The second-order valence-corrected chi connectivity index (χ2v) is 5.39. The quantitative estimate of drug-likeness (QED) is 0.877. The van der Waals surface area contributed by atoms with E-state index in [9.17, 15) is 9.18 Å². The number of rotatable bonds is 2. The minimum atomic E-state index is -0.505. The molecule has 0 saturated carbocycles. The molecule has 0 unspecified atom stereocenters. The number of amides is 1. The summed E-state index contributed by atoms with van der Waals surface area (Å²) in [5.74, 6) is -0.736. The van der Waals surface area contributed by atoms with Crippen molar-refractivity contribution >= 4 is 28.9 Å². The number of hydrogen-bond acceptors (Lipinski definition) is 2. The molecule has 0 fully saturated rings. The van der Waals surface area contributed by atoms with Crippen molar-refractivity contribution in [2.45, 2.75) is 12.8 Å². The van der Waals surface area contributed by atoms with Crippen molar-refractivity contribution < 1.29 is 9.18 Å². The molecule has 1 heterocycles. The average Bonchev–Trinajstić information content (AvgIpc) is 2.50. The number of nitrogens with one attached hydrogen (secondary N) is 2. The van der Waals surface area contributed by atoms with E-state index in [-0.39, 0.29) is 10.9 Å². The highest BCUT2D eigenvalue weighted by Gasteiger charge is 2.13. The molecule has 2 aromatic rings. The Hall–Kier alpha value is -2.07. The van der Waals surface area contributed by atoms with Gasteiger partial charge >= 0.3 is 0 Å². The van der Waals surface area contributed by atoms with Crippen LogP contribution in [0.2, 0.25) is 5.02 Å². The summed E-state index contributed by atoms with van der Waals surface area (Å²) in [5.41, 5.74) is 3.29. The van der Waals surface area contributed by atoms with E-state index in [1.807, 2.05) is 12.1 Å². The SMILES string of the molecule is O=C(Nc1ccc(F)c(Cl)c1)c1ccc2c(c1)CCCN2. The van der Waals surface area contributed by atoms with Gasteiger partial charge in [-0.1, -0.05) is 11.6 Å². The third-order valence-corrected chi connectivity index (χ3v) is 3.77. The van der Waals surface area contributed by atoms with Crippen LogP contribution in [0.25, 0.3) is 0 Å². The van der Waals surface area contributed by atoms with Gasteiger partial charge in [-0.25, -0.2) is 4.39 Å². The molecule has 1 amide bonds. The molecule has 0 saturated heterocycles. The molecule has 2 N–H and O–H groups in total. The lowest BCUT2D eigenvalue weighted by Crippen LogP contribution is -2.15. The minimum Gasteiger partial charge on any atom is -0.385 e. The van der Waals surface area contributed by atoms with E-state index in [4.69, 9.17) is 11.6 Å². The first-order valence-electron chi connectivity index (χ1n) is 6.77. The van der Waals surface area contributed by atoms with Crippen LogP contribution in [-0.4, -0.2) is 12.5 Å². The van der Waals surface area contributed by atoms with Crippen LogP contribution in [0.4, 0.5) is 15.8 Å². The summed E-state index contributed by atoms with van der Waals surface area (Å²) in [5, 5.41) is 6.01. The molecule has 2 aromatic carbocycles. The first-order chi connectivity index (χ1) is 10.1. The predicted molar refractivity (Wildman–Crippen MR) is 82.6 cm³/mol. The molecule has 0 aromatic heterocycles. The number of benzene rings is 2. The summed E-state index contributed by atoms with van der Waals surface area (Å²) in [6.07, 6.45) is 2.03. The first kappa shape index (κ1) is 13.9. The number of aryl methyl sites for hydroxylation is 1. The van der Waals surface area contributed by atoms with Gasteiger partial charge in [0.1, 0.15) is 5.82 Å². The maximum absolute atomic E-state index is 13.1. The first-order valence-corrected chi connectivity index (χ1v) is 7.14. The predicted octanol–water partition coefficient (Wildman–Crippen LogP) is 4.09. The molecule has 5 heteroatoms. The lowest BCUT2D eigenvalue weighted by Gasteiger charge is -2.18. The van der Waals surface area contributed by atoms with Gasteiger partial charge in [-0.05, 0) is 54.8 Å². The Kier molecular flexibility index (Phi) is 3.80. The molecule has 0 atom stereocenters. The maximum Gasteiger partial charge on any atom is 0.255 e. The van der Waals surface area contributed by atoms with Crippen molar-refractivity contribution in [3.63, 3.8) is 0 Å². The summed E-state index contributed by atoms with van der Waals surface area (Å²) in [4.78, 5) is 12.2. The summed E-state index contributed by atoms with van der Waals surface area (Å²) in [6, 6.07) is 9.70. The van der Waals surface area contributed by atoms with E-state index in [0.29, 0.717) is 11.3 Å². The van der Waals surface area contributed by atoms with Crippen LogP contribution in [0.1, 0.15) is 22.3 Å². The Balaban J connectivity index is 1.80. The second-order valence-electron chi connectivity index (χ2n) is 4.99. The van der Waals surface area contributed by atoms with Crippen LogP contribution < -0.4 is 10.6 Å². The smallest absolute Gasteiger partial charge is 0.255 e. The van der Waals surface area contributed by atoms with Gasteiger partial charge in [0.15, 0.2) is 0 Å². The van der Waals surface area contributed by atoms with Crippen LogP contribution in [0.5, 0.6) is 0 Å². The molecule has 21 heavy (non-hydrogen) atoms. The summed E-state index contributed by atoms with van der Waals surface area (Å²) in [7, 11) is 0. The van der Waals surface area contributed by atoms with E-state index in [1.54, 1.807) is 6.07 Å². The number of hydrogen-bond donors (Lipinski definition) is 2. The van der Waals surface area contributed by atoms with E-state index in [0.717, 1.165) is 30.6 Å². The molecule has 0 radical (unpaired) electrons. The zero-order valence-corrected chi connectivity index (χ0v) is 12.0. The van der Waals surface area contributed by atoms with Crippen molar-refractivity contribution in [3.8, 4) is 0 Å². The van der Waals surface area contributed by atoms with Crippen LogP contribution in [0.3, 0.4) is 0 Å². The van der Waals surface area contributed by atoms with Gasteiger partial charge in [-0.2, -0.15) is 0 Å². The summed E-state index contributed by atoms with van der Waals surface area (Å²) >= 11 is 5.70. The Morgan fingerprint density at radius 1 is 1.24 bits per heavy atom. The lowest BCUT2D eigenvalue weighted by atomic mass is 10.0. The number of carbonyl (C=O) groups excluding carboxylic acids is 1. The van der Waals surface area contributed by atoms with Crippen molar-refractivity contribution in [3.05, 3.63) is 58.4 Å². The number of halogens is 2. The fourth-order valence-electron chi connectivity index (χ4n) is 2.39. The van der Waals surface area contributed by atoms with E-state index in [2.05, 4.69) is 10.6 Å². The molecule has 3 rings (SSSR count). The zero-order chi connectivity index (χ0) is 14.8. The number of anilines is 2. The molecule has 0 aliphatic carbocycles. The highest BCUT2D eigenvalue weighted by atomic mass is 35.5. The summed E-state index contributed by atoms with van der Waals surface area (Å²) in [6.45, 7) is 0.965. The van der Waals surface area contributed by atoms with Gasteiger partial charge in [0, 0.05) is 23.5 Å². The van der Waals surface area contributed by atoms with Crippen molar-refractivity contribution in [1.82, 2.24) is 0 Å². The van der Waals surface area contributed by atoms with Gasteiger partial charge in [-0.15, -0.1) is 0 Å². The van der Waals surface area contributed by atoms with Gasteiger partial charge in [0.25, 0.3) is 5.91 Å². The topological polar surface area (TPSA) is 41.1 Å². The van der Waals surface area contributed by atoms with Gasteiger partial charge in [0.2, 0.25) is 0 Å². The van der Waals surface area contributed by atoms with Crippen LogP contribution in [0.15, 0.2) is 36.4 Å². The molecular formula is C16H14ClFN2O. The molecular weight excluding hydrogens is 291 g/mol. The largest absolute Gasteiger partial charge is 0.385 e. The normalized spacial score (nSPS) is 13.2. The zero-order valence-electron chi connectivity index (χ0n) is 11.2. The average molecular weight is 305 g/mol. The van der Waals surface area contributed by atoms with Gasteiger partial charge in [-0.3, -0.25) is 4.79 Å². The van der Waals surface area contributed by atoms with Crippen LogP contribution in [-0.2, 0) is 6.42 Å². The van der Waals surface area contributed by atoms with Gasteiger partial charge in [0.05, 0.1) is 5.02 Å². The number of fused-ring (bicyclic) bond motifs is 1. The van der Waals surface area contributed by atoms with Crippen LogP contribution >= 0.6 is 11.6 Å². The third kappa shape index (κ3) is 3.00. The van der Waals surface area contributed by atoms with Crippen LogP contribution in [0, 0.1) is 5.82 Å². The Bertz CT molecular complexity index is 703. The third-order valence-electron chi connectivity index (χ3n) is 3.48. The Morgan fingerprint density at radius 2 is 2.10 bits per heavy atom.